The number of halogens is 1. The Morgan fingerprint density at radius 3 is 2.64 bits per heavy atom. The molecule has 1 heterocycles. The maximum Gasteiger partial charge on any atom is 0.242 e. The Kier molecular flexibility index (Phi) is 3.71. The minimum atomic E-state index is -0.767. The molecule has 0 spiro atoms. The lowest BCUT2D eigenvalue weighted by Crippen LogP contribution is -2.54. The van der Waals surface area contributed by atoms with Crippen LogP contribution in [0.4, 0.5) is 0 Å². The SMILES string of the molecule is CN1CC(=O)N(CC(O)CCl)CC1=O. The van der Waals surface area contributed by atoms with Crippen LogP contribution in [0, 0.1) is 0 Å². The van der Waals surface area contributed by atoms with Crippen molar-refractivity contribution in [3.05, 3.63) is 0 Å². The van der Waals surface area contributed by atoms with Crippen molar-refractivity contribution in [1.29, 1.82) is 0 Å². The number of hydrogen-bond donors (Lipinski definition) is 1. The summed E-state index contributed by atoms with van der Waals surface area (Å²) in [6.07, 6.45) is -0.767. The van der Waals surface area contributed by atoms with Gasteiger partial charge in [0.05, 0.1) is 25.1 Å². The van der Waals surface area contributed by atoms with Gasteiger partial charge in [0.2, 0.25) is 11.8 Å². The first kappa shape index (κ1) is 11.3. The van der Waals surface area contributed by atoms with Crippen LogP contribution < -0.4 is 0 Å². The van der Waals surface area contributed by atoms with Gasteiger partial charge in [-0.3, -0.25) is 9.59 Å². The van der Waals surface area contributed by atoms with E-state index in [0.717, 1.165) is 0 Å². The molecule has 1 unspecified atom stereocenters. The molecule has 0 radical (unpaired) electrons. The summed E-state index contributed by atoms with van der Waals surface area (Å²) in [7, 11) is 1.58. The van der Waals surface area contributed by atoms with Crippen molar-refractivity contribution in [3.63, 3.8) is 0 Å². The van der Waals surface area contributed by atoms with Gasteiger partial charge >= 0.3 is 0 Å². The lowest BCUT2D eigenvalue weighted by Gasteiger charge is -2.32. The highest BCUT2D eigenvalue weighted by atomic mass is 35.5. The van der Waals surface area contributed by atoms with E-state index >= 15 is 0 Å². The van der Waals surface area contributed by atoms with E-state index in [1.807, 2.05) is 0 Å². The number of carbonyl (C=O) groups excluding carboxylic acids is 2. The van der Waals surface area contributed by atoms with Gasteiger partial charge in [-0.1, -0.05) is 0 Å². The molecule has 1 fully saturated rings. The number of piperazine rings is 1. The van der Waals surface area contributed by atoms with Gasteiger partial charge in [-0.25, -0.2) is 0 Å². The fourth-order valence-electron chi connectivity index (χ4n) is 1.23. The van der Waals surface area contributed by atoms with Gasteiger partial charge in [0, 0.05) is 13.6 Å². The van der Waals surface area contributed by atoms with Crippen LogP contribution >= 0.6 is 11.6 Å². The molecule has 0 aromatic heterocycles. The molecule has 0 aromatic carbocycles. The molecule has 1 rings (SSSR count). The van der Waals surface area contributed by atoms with Gasteiger partial charge in [-0.15, -0.1) is 11.6 Å². The summed E-state index contributed by atoms with van der Waals surface area (Å²) in [6, 6.07) is 0. The average Bonchev–Trinajstić information content (AvgIpc) is 2.14. The molecule has 0 saturated carbocycles. The smallest absolute Gasteiger partial charge is 0.242 e. The molecule has 1 aliphatic heterocycles. The predicted molar refractivity (Wildman–Crippen MR) is 50.9 cm³/mol. The van der Waals surface area contributed by atoms with E-state index in [9.17, 15) is 14.7 Å². The monoisotopic (exact) mass is 220 g/mol. The maximum atomic E-state index is 11.4. The van der Waals surface area contributed by atoms with Gasteiger partial charge in [0.15, 0.2) is 0 Å². The lowest BCUT2D eigenvalue weighted by atomic mass is 10.2. The van der Waals surface area contributed by atoms with Gasteiger partial charge in [0.25, 0.3) is 0 Å². The molecule has 0 aliphatic carbocycles. The van der Waals surface area contributed by atoms with Crippen molar-refractivity contribution in [3.8, 4) is 0 Å². The first-order valence-corrected chi connectivity index (χ1v) is 4.83. The second kappa shape index (κ2) is 4.61. The summed E-state index contributed by atoms with van der Waals surface area (Å²) in [5, 5.41) is 9.23. The first-order chi connectivity index (χ1) is 6.54. The minimum absolute atomic E-state index is 0.0310. The highest BCUT2D eigenvalue weighted by molar-refractivity contribution is 6.18. The van der Waals surface area contributed by atoms with Crippen LogP contribution in [0.25, 0.3) is 0 Å². The zero-order valence-corrected chi connectivity index (χ0v) is 8.70. The molecule has 0 bridgehead atoms. The Labute approximate surface area is 87.2 Å². The second-order valence-corrected chi connectivity index (χ2v) is 3.64. The Morgan fingerprint density at radius 2 is 2.07 bits per heavy atom. The van der Waals surface area contributed by atoms with Crippen molar-refractivity contribution in [2.45, 2.75) is 6.10 Å². The number of aliphatic hydroxyl groups excluding tert-OH is 1. The fourth-order valence-corrected chi connectivity index (χ4v) is 1.33. The highest BCUT2D eigenvalue weighted by Crippen LogP contribution is 2.04. The second-order valence-electron chi connectivity index (χ2n) is 3.33. The van der Waals surface area contributed by atoms with E-state index in [2.05, 4.69) is 0 Å². The van der Waals surface area contributed by atoms with Crippen molar-refractivity contribution >= 4 is 23.4 Å². The maximum absolute atomic E-state index is 11.4. The topological polar surface area (TPSA) is 60.9 Å². The number of aliphatic hydroxyl groups is 1. The number of likely N-dealkylation sites (N-methyl/N-ethyl adjacent to an activating group) is 1. The van der Waals surface area contributed by atoms with Gasteiger partial charge in [-0.2, -0.15) is 0 Å². The predicted octanol–water partition coefficient (Wildman–Crippen LogP) is -1.11. The van der Waals surface area contributed by atoms with Gasteiger partial charge in [0.1, 0.15) is 0 Å². The quantitative estimate of drug-likeness (QED) is 0.614. The third-order valence-corrected chi connectivity index (χ3v) is 2.44. The summed E-state index contributed by atoms with van der Waals surface area (Å²) in [4.78, 5) is 25.3. The molecule has 0 aromatic rings. The van der Waals surface area contributed by atoms with Crippen LogP contribution in [0.5, 0.6) is 0 Å². The first-order valence-electron chi connectivity index (χ1n) is 4.30. The molecule has 1 N–H and O–H groups in total. The number of nitrogens with zero attached hydrogens (tertiary/aromatic N) is 2. The average molecular weight is 221 g/mol. The number of carbonyl (C=O) groups is 2. The minimum Gasteiger partial charge on any atom is -0.390 e. The molecule has 2 amide bonds. The van der Waals surface area contributed by atoms with Crippen LogP contribution in [0.3, 0.4) is 0 Å². The molecule has 1 atom stereocenters. The number of rotatable bonds is 3. The van der Waals surface area contributed by atoms with Crippen LogP contribution in [-0.2, 0) is 9.59 Å². The third kappa shape index (κ3) is 2.59. The number of β-amino-alcohol motifs (C(OH)–C–C–N with tert-alkyl or cyclic N) is 1. The standard InChI is InChI=1S/C8H13ClN2O3/c1-10-4-8(14)11(5-7(10)13)3-6(12)2-9/h6,12H,2-5H2,1H3. The van der Waals surface area contributed by atoms with Gasteiger partial charge < -0.3 is 14.9 Å². The molecule has 6 heteroatoms. The van der Waals surface area contributed by atoms with Crippen molar-refractivity contribution in [1.82, 2.24) is 9.80 Å². The summed E-state index contributed by atoms with van der Waals surface area (Å²) in [5.74, 6) is -0.212. The Balaban J connectivity index is 2.53. The zero-order chi connectivity index (χ0) is 10.7. The van der Waals surface area contributed by atoms with E-state index in [1.165, 1.54) is 9.80 Å². The fraction of sp³-hybridized carbons (Fsp3) is 0.750. The van der Waals surface area contributed by atoms with Crippen molar-refractivity contribution in [2.75, 3.05) is 32.6 Å². The van der Waals surface area contributed by atoms with E-state index in [4.69, 9.17) is 11.6 Å². The Bertz CT molecular complexity index is 247. The molecule has 1 aliphatic rings. The van der Waals surface area contributed by atoms with Crippen LogP contribution in [0.15, 0.2) is 0 Å². The van der Waals surface area contributed by atoms with Crippen LogP contribution in [0.1, 0.15) is 0 Å². The normalized spacial score (nSPS) is 20.2. The molecule has 80 valence electrons. The molecule has 5 nitrogen and oxygen atoms in total. The molecule has 1 saturated heterocycles. The van der Waals surface area contributed by atoms with Crippen LogP contribution in [0.2, 0.25) is 0 Å². The van der Waals surface area contributed by atoms with E-state index in [-0.39, 0.29) is 37.3 Å². The molecule has 14 heavy (non-hydrogen) atoms. The lowest BCUT2D eigenvalue weighted by molar-refractivity contribution is -0.149. The van der Waals surface area contributed by atoms with E-state index < -0.39 is 6.10 Å². The highest BCUT2D eigenvalue weighted by Gasteiger charge is 2.28. The van der Waals surface area contributed by atoms with Crippen molar-refractivity contribution < 1.29 is 14.7 Å². The largest absolute Gasteiger partial charge is 0.390 e. The molecular weight excluding hydrogens is 208 g/mol. The number of alkyl halides is 1. The van der Waals surface area contributed by atoms with Crippen LogP contribution in [-0.4, -0.2) is 65.4 Å². The third-order valence-electron chi connectivity index (χ3n) is 2.09. The van der Waals surface area contributed by atoms with Crippen molar-refractivity contribution in [2.24, 2.45) is 0 Å². The molecular formula is C8H13ClN2O3. The summed E-state index contributed by atoms with van der Waals surface area (Å²) in [5.41, 5.74) is 0. The summed E-state index contributed by atoms with van der Waals surface area (Å²) < 4.78 is 0. The van der Waals surface area contributed by atoms with Gasteiger partial charge in [-0.05, 0) is 0 Å². The summed E-state index contributed by atoms with van der Waals surface area (Å²) in [6.45, 7) is 0.235. The Hall–Kier alpha value is -0.810. The Morgan fingerprint density at radius 1 is 1.43 bits per heavy atom. The number of hydrogen-bond acceptors (Lipinski definition) is 3. The zero-order valence-electron chi connectivity index (χ0n) is 7.94. The summed E-state index contributed by atoms with van der Waals surface area (Å²) >= 11 is 5.40. The number of amides is 2. The van der Waals surface area contributed by atoms with E-state index in [0.29, 0.717) is 0 Å². The van der Waals surface area contributed by atoms with E-state index in [1.54, 1.807) is 7.05 Å².